The predicted molar refractivity (Wildman–Crippen MR) is 67.3 cm³/mol. The standard InChI is InChI=1S/C13H14F2N2O3/c1-7(8-3-4-8)16(2)13(18)10-5-9(14)6-11(12(10)15)17(19)20/h5-8H,3-4H2,1-2H3. The fourth-order valence-corrected chi connectivity index (χ4v) is 2.13. The van der Waals surface area contributed by atoms with Crippen LogP contribution in [0.25, 0.3) is 0 Å². The largest absolute Gasteiger partial charge is 0.339 e. The maximum atomic E-state index is 13.9. The van der Waals surface area contributed by atoms with Crippen LogP contribution in [-0.2, 0) is 0 Å². The van der Waals surface area contributed by atoms with Crippen molar-refractivity contribution in [3.8, 4) is 0 Å². The van der Waals surface area contributed by atoms with Gasteiger partial charge in [0.15, 0.2) is 0 Å². The summed E-state index contributed by atoms with van der Waals surface area (Å²) in [6.45, 7) is 1.82. The molecule has 0 saturated heterocycles. The van der Waals surface area contributed by atoms with E-state index in [4.69, 9.17) is 0 Å². The Morgan fingerprint density at radius 1 is 1.45 bits per heavy atom. The van der Waals surface area contributed by atoms with E-state index >= 15 is 0 Å². The van der Waals surface area contributed by atoms with Gasteiger partial charge in [0.25, 0.3) is 5.91 Å². The van der Waals surface area contributed by atoms with Gasteiger partial charge in [0, 0.05) is 13.1 Å². The lowest BCUT2D eigenvalue weighted by atomic mass is 10.1. The summed E-state index contributed by atoms with van der Waals surface area (Å²) in [4.78, 5) is 23.1. The van der Waals surface area contributed by atoms with Crippen LogP contribution in [0.3, 0.4) is 0 Å². The average Bonchev–Trinajstić information content (AvgIpc) is 3.22. The molecule has 108 valence electrons. The molecular weight excluding hydrogens is 270 g/mol. The highest BCUT2D eigenvalue weighted by Crippen LogP contribution is 2.35. The molecule has 0 aliphatic heterocycles. The molecule has 1 aromatic carbocycles. The molecule has 2 rings (SSSR count). The third-order valence-electron chi connectivity index (χ3n) is 3.68. The summed E-state index contributed by atoms with van der Waals surface area (Å²) in [6.07, 6.45) is 1.98. The number of halogens is 2. The minimum absolute atomic E-state index is 0.107. The van der Waals surface area contributed by atoms with Gasteiger partial charge < -0.3 is 4.90 Å². The molecule has 1 saturated carbocycles. The lowest BCUT2D eigenvalue weighted by Crippen LogP contribution is -2.37. The number of rotatable bonds is 4. The maximum Gasteiger partial charge on any atom is 0.308 e. The second kappa shape index (κ2) is 5.15. The van der Waals surface area contributed by atoms with Gasteiger partial charge in [0.05, 0.1) is 16.6 Å². The zero-order valence-electron chi connectivity index (χ0n) is 11.1. The van der Waals surface area contributed by atoms with Crippen LogP contribution in [0.15, 0.2) is 12.1 Å². The molecule has 5 nitrogen and oxygen atoms in total. The minimum atomic E-state index is -1.30. The smallest absolute Gasteiger partial charge is 0.308 e. The first-order chi connectivity index (χ1) is 9.32. The molecule has 0 spiro atoms. The zero-order valence-corrected chi connectivity index (χ0v) is 11.1. The number of benzene rings is 1. The summed E-state index contributed by atoms with van der Waals surface area (Å²) in [5, 5.41) is 10.6. The lowest BCUT2D eigenvalue weighted by molar-refractivity contribution is -0.387. The van der Waals surface area contributed by atoms with Crippen molar-refractivity contribution in [2.24, 2.45) is 5.92 Å². The third-order valence-corrected chi connectivity index (χ3v) is 3.68. The number of nitro benzene ring substituents is 1. The number of amides is 1. The van der Waals surface area contributed by atoms with Crippen molar-refractivity contribution in [2.75, 3.05) is 7.05 Å². The number of nitrogens with zero attached hydrogens (tertiary/aromatic N) is 2. The molecule has 0 bridgehead atoms. The highest BCUT2D eigenvalue weighted by Gasteiger charge is 2.34. The molecule has 1 unspecified atom stereocenters. The van der Waals surface area contributed by atoms with Gasteiger partial charge in [-0.15, -0.1) is 0 Å². The van der Waals surface area contributed by atoms with Gasteiger partial charge in [-0.3, -0.25) is 14.9 Å². The number of carbonyl (C=O) groups is 1. The Hall–Kier alpha value is -2.05. The van der Waals surface area contributed by atoms with Crippen LogP contribution in [0.5, 0.6) is 0 Å². The quantitative estimate of drug-likeness (QED) is 0.631. The number of nitro groups is 1. The molecule has 1 aliphatic carbocycles. The van der Waals surface area contributed by atoms with E-state index < -0.39 is 33.7 Å². The monoisotopic (exact) mass is 284 g/mol. The van der Waals surface area contributed by atoms with E-state index in [2.05, 4.69) is 0 Å². The molecule has 0 N–H and O–H groups in total. The van der Waals surface area contributed by atoms with Gasteiger partial charge >= 0.3 is 5.69 Å². The van der Waals surface area contributed by atoms with E-state index in [0.29, 0.717) is 18.1 Å². The molecular formula is C13H14F2N2O3. The first-order valence-electron chi connectivity index (χ1n) is 6.23. The van der Waals surface area contributed by atoms with Crippen molar-refractivity contribution in [3.05, 3.63) is 39.4 Å². The molecule has 0 heterocycles. The van der Waals surface area contributed by atoms with Crippen molar-refractivity contribution >= 4 is 11.6 Å². The number of hydrogen-bond acceptors (Lipinski definition) is 3. The summed E-state index contributed by atoms with van der Waals surface area (Å²) < 4.78 is 27.3. The topological polar surface area (TPSA) is 63.5 Å². The van der Waals surface area contributed by atoms with Gasteiger partial charge in [-0.05, 0) is 31.7 Å². The van der Waals surface area contributed by atoms with Crippen LogP contribution in [-0.4, -0.2) is 28.8 Å². The summed E-state index contributed by atoms with van der Waals surface area (Å²) >= 11 is 0. The average molecular weight is 284 g/mol. The fourth-order valence-electron chi connectivity index (χ4n) is 2.13. The minimum Gasteiger partial charge on any atom is -0.339 e. The number of hydrogen-bond donors (Lipinski definition) is 0. The van der Waals surface area contributed by atoms with E-state index in [1.807, 2.05) is 6.92 Å². The van der Waals surface area contributed by atoms with Crippen molar-refractivity contribution in [1.82, 2.24) is 4.90 Å². The van der Waals surface area contributed by atoms with E-state index in [-0.39, 0.29) is 6.04 Å². The Kier molecular flexibility index (Phi) is 3.69. The van der Waals surface area contributed by atoms with Gasteiger partial charge in [-0.2, -0.15) is 4.39 Å². The first kappa shape index (κ1) is 14.4. The predicted octanol–water partition coefficient (Wildman–Crippen LogP) is 2.74. The highest BCUT2D eigenvalue weighted by molar-refractivity contribution is 5.95. The Bertz CT molecular complexity index is 573. The van der Waals surface area contributed by atoms with E-state index in [9.17, 15) is 23.7 Å². The van der Waals surface area contributed by atoms with Crippen LogP contribution in [0.4, 0.5) is 14.5 Å². The first-order valence-corrected chi connectivity index (χ1v) is 6.23. The second-order valence-corrected chi connectivity index (χ2v) is 5.04. The Morgan fingerprint density at radius 2 is 2.05 bits per heavy atom. The van der Waals surface area contributed by atoms with E-state index in [0.717, 1.165) is 12.8 Å². The van der Waals surface area contributed by atoms with Crippen molar-refractivity contribution < 1.29 is 18.5 Å². The van der Waals surface area contributed by atoms with Crippen molar-refractivity contribution in [1.29, 1.82) is 0 Å². The van der Waals surface area contributed by atoms with E-state index in [1.165, 1.54) is 11.9 Å². The maximum absolute atomic E-state index is 13.9. The SMILES string of the molecule is CC(C1CC1)N(C)C(=O)c1cc(F)cc([N+](=O)[O-])c1F. The molecule has 1 aromatic rings. The third kappa shape index (κ3) is 2.61. The van der Waals surface area contributed by atoms with Gasteiger partial charge in [-0.25, -0.2) is 4.39 Å². The molecule has 1 aliphatic rings. The van der Waals surface area contributed by atoms with Crippen LogP contribution >= 0.6 is 0 Å². The highest BCUT2D eigenvalue weighted by atomic mass is 19.1. The Morgan fingerprint density at radius 3 is 2.55 bits per heavy atom. The van der Waals surface area contributed by atoms with Crippen LogP contribution < -0.4 is 0 Å². The van der Waals surface area contributed by atoms with E-state index in [1.54, 1.807) is 0 Å². The van der Waals surface area contributed by atoms with Crippen LogP contribution in [0.1, 0.15) is 30.1 Å². The molecule has 1 fully saturated rings. The second-order valence-electron chi connectivity index (χ2n) is 5.04. The lowest BCUT2D eigenvalue weighted by Gasteiger charge is -2.25. The summed E-state index contributed by atoms with van der Waals surface area (Å²) in [5.74, 6) is -2.69. The normalized spacial score (nSPS) is 15.8. The molecule has 0 aromatic heterocycles. The van der Waals surface area contributed by atoms with Gasteiger partial charge in [-0.1, -0.05) is 0 Å². The molecule has 1 atom stereocenters. The fraction of sp³-hybridized carbons (Fsp3) is 0.462. The summed E-state index contributed by atoms with van der Waals surface area (Å²) in [6, 6.07) is 1.06. The summed E-state index contributed by atoms with van der Waals surface area (Å²) in [5.41, 5.74) is -1.63. The number of carbonyl (C=O) groups excluding carboxylic acids is 1. The Labute approximate surface area is 114 Å². The molecule has 0 radical (unpaired) electrons. The van der Waals surface area contributed by atoms with Gasteiger partial charge in [0.1, 0.15) is 5.82 Å². The van der Waals surface area contributed by atoms with Crippen LogP contribution in [0, 0.1) is 27.7 Å². The van der Waals surface area contributed by atoms with Crippen molar-refractivity contribution in [3.63, 3.8) is 0 Å². The zero-order chi connectivity index (χ0) is 15.0. The molecule has 1 amide bonds. The molecule has 7 heteroatoms. The summed E-state index contributed by atoms with van der Waals surface area (Å²) in [7, 11) is 1.49. The molecule has 20 heavy (non-hydrogen) atoms. The Balaban J connectivity index is 2.36. The van der Waals surface area contributed by atoms with Crippen molar-refractivity contribution in [2.45, 2.75) is 25.8 Å². The van der Waals surface area contributed by atoms with Crippen LogP contribution in [0.2, 0.25) is 0 Å². The van der Waals surface area contributed by atoms with Gasteiger partial charge in [0.2, 0.25) is 5.82 Å².